The maximum atomic E-state index is 11.7. The number of sulfonamides is 1. The van der Waals surface area contributed by atoms with E-state index in [1.54, 1.807) is 12.4 Å². The summed E-state index contributed by atoms with van der Waals surface area (Å²) in [6.45, 7) is 3.65. The van der Waals surface area contributed by atoms with Gasteiger partial charge in [0, 0.05) is 19.4 Å². The van der Waals surface area contributed by atoms with Crippen molar-refractivity contribution in [2.45, 2.75) is 19.9 Å². The van der Waals surface area contributed by atoms with Crippen LogP contribution in [0.25, 0.3) is 0 Å². The predicted molar refractivity (Wildman–Crippen MR) is 71.8 cm³/mol. The van der Waals surface area contributed by atoms with Crippen LogP contribution in [0, 0.1) is 5.92 Å². The van der Waals surface area contributed by atoms with Crippen molar-refractivity contribution in [2.24, 2.45) is 13.0 Å². The predicted octanol–water partition coefficient (Wildman–Crippen LogP) is -0.217. The molecule has 0 radical (unpaired) electrons. The number of aromatic nitrogens is 2. The first-order valence-electron chi connectivity index (χ1n) is 5.92. The lowest BCUT2D eigenvalue weighted by atomic mass is 10.0. The lowest BCUT2D eigenvalue weighted by Gasteiger charge is -2.22. The van der Waals surface area contributed by atoms with Crippen molar-refractivity contribution in [3.63, 3.8) is 0 Å². The Hall–Kier alpha value is -1.41. The fourth-order valence-corrected chi connectivity index (χ4v) is 2.02. The third-order valence-corrected chi connectivity index (χ3v) is 3.28. The Bertz CT molecular complexity index is 536. The van der Waals surface area contributed by atoms with E-state index in [1.807, 2.05) is 25.5 Å². The minimum absolute atomic E-state index is 0.142. The number of rotatable bonds is 6. The highest BCUT2D eigenvalue weighted by molar-refractivity contribution is 7.88. The van der Waals surface area contributed by atoms with Crippen molar-refractivity contribution in [3.05, 3.63) is 18.2 Å². The first kappa shape index (κ1) is 15.6. The van der Waals surface area contributed by atoms with Gasteiger partial charge < -0.3 is 9.88 Å². The molecule has 1 heterocycles. The van der Waals surface area contributed by atoms with Gasteiger partial charge >= 0.3 is 0 Å². The summed E-state index contributed by atoms with van der Waals surface area (Å²) in [7, 11) is -1.52. The molecule has 0 aliphatic rings. The molecule has 108 valence electrons. The zero-order chi connectivity index (χ0) is 14.6. The molecule has 0 aliphatic heterocycles. The molecule has 0 saturated heterocycles. The van der Waals surface area contributed by atoms with E-state index in [0.717, 1.165) is 12.1 Å². The number of nitrogens with one attached hydrogen (secondary N) is 2. The van der Waals surface area contributed by atoms with Crippen molar-refractivity contribution in [1.82, 2.24) is 19.6 Å². The lowest BCUT2D eigenvalue weighted by molar-refractivity contribution is -0.121. The highest BCUT2D eigenvalue weighted by Crippen LogP contribution is 2.19. The molecule has 0 fully saturated rings. The number of carbonyl (C=O) groups excluding carboxylic acids is 1. The van der Waals surface area contributed by atoms with Crippen molar-refractivity contribution >= 4 is 15.9 Å². The SMILES string of the molecule is CC(C)C(NC(=O)CNS(C)(=O)=O)c1nccn1C. The van der Waals surface area contributed by atoms with Gasteiger partial charge in [-0.25, -0.2) is 18.1 Å². The monoisotopic (exact) mass is 288 g/mol. The molecular weight excluding hydrogens is 268 g/mol. The van der Waals surface area contributed by atoms with Gasteiger partial charge in [0.25, 0.3) is 0 Å². The number of amides is 1. The second-order valence-electron chi connectivity index (χ2n) is 4.78. The molecule has 0 saturated carbocycles. The van der Waals surface area contributed by atoms with Gasteiger partial charge in [0.1, 0.15) is 5.82 Å². The van der Waals surface area contributed by atoms with E-state index in [-0.39, 0.29) is 24.4 Å². The van der Waals surface area contributed by atoms with Crippen LogP contribution < -0.4 is 10.0 Å². The van der Waals surface area contributed by atoms with Crippen molar-refractivity contribution < 1.29 is 13.2 Å². The van der Waals surface area contributed by atoms with Crippen molar-refractivity contribution in [2.75, 3.05) is 12.8 Å². The van der Waals surface area contributed by atoms with Crippen LogP contribution in [0.4, 0.5) is 0 Å². The Labute approximate surface area is 113 Å². The number of aryl methyl sites for hydroxylation is 1. The first-order chi connectivity index (χ1) is 8.70. The molecule has 0 aromatic carbocycles. The second kappa shape index (κ2) is 6.16. The summed E-state index contributed by atoms with van der Waals surface area (Å²) in [4.78, 5) is 15.9. The average molecular weight is 288 g/mol. The molecule has 1 aromatic heterocycles. The van der Waals surface area contributed by atoms with Crippen molar-refractivity contribution in [3.8, 4) is 0 Å². The highest BCUT2D eigenvalue weighted by Gasteiger charge is 2.22. The maximum absolute atomic E-state index is 11.7. The molecule has 0 bridgehead atoms. The van der Waals surface area contributed by atoms with Gasteiger partial charge in [-0.3, -0.25) is 4.79 Å². The third kappa shape index (κ3) is 4.99. The Morgan fingerprint density at radius 2 is 2.11 bits per heavy atom. The molecule has 19 heavy (non-hydrogen) atoms. The topological polar surface area (TPSA) is 93.1 Å². The van der Waals surface area contributed by atoms with Gasteiger partial charge in [0.05, 0.1) is 18.8 Å². The number of hydrogen-bond acceptors (Lipinski definition) is 4. The van der Waals surface area contributed by atoms with E-state index in [0.29, 0.717) is 0 Å². The summed E-state index contributed by atoms with van der Waals surface area (Å²) in [5.74, 6) is 0.498. The lowest BCUT2D eigenvalue weighted by Crippen LogP contribution is -2.40. The summed E-state index contributed by atoms with van der Waals surface area (Å²) in [5, 5.41) is 2.78. The van der Waals surface area contributed by atoms with E-state index in [1.165, 1.54) is 0 Å². The molecule has 0 spiro atoms. The average Bonchev–Trinajstić information content (AvgIpc) is 2.68. The van der Waals surface area contributed by atoms with Gasteiger partial charge in [-0.05, 0) is 5.92 Å². The van der Waals surface area contributed by atoms with E-state index in [9.17, 15) is 13.2 Å². The fourth-order valence-electron chi connectivity index (χ4n) is 1.63. The number of nitrogens with zero attached hydrogens (tertiary/aromatic N) is 2. The highest BCUT2D eigenvalue weighted by atomic mass is 32.2. The zero-order valence-corrected chi connectivity index (χ0v) is 12.4. The minimum atomic E-state index is -3.37. The largest absolute Gasteiger partial charge is 0.345 e. The fraction of sp³-hybridized carbons (Fsp3) is 0.636. The Morgan fingerprint density at radius 3 is 2.53 bits per heavy atom. The molecule has 8 heteroatoms. The van der Waals surface area contributed by atoms with Gasteiger partial charge in [-0.2, -0.15) is 0 Å². The smallest absolute Gasteiger partial charge is 0.235 e. The van der Waals surface area contributed by atoms with Crippen molar-refractivity contribution in [1.29, 1.82) is 0 Å². The van der Waals surface area contributed by atoms with E-state index in [2.05, 4.69) is 15.0 Å². The number of carbonyl (C=O) groups is 1. The maximum Gasteiger partial charge on any atom is 0.235 e. The van der Waals surface area contributed by atoms with Crippen LogP contribution in [0.5, 0.6) is 0 Å². The van der Waals surface area contributed by atoms with Crippen LogP contribution in [-0.2, 0) is 21.9 Å². The summed E-state index contributed by atoms with van der Waals surface area (Å²) in [6.07, 6.45) is 4.47. The Kier molecular flexibility index (Phi) is 5.07. The molecule has 7 nitrogen and oxygen atoms in total. The van der Waals surface area contributed by atoms with Crippen LogP contribution >= 0.6 is 0 Å². The standard InChI is InChI=1S/C11H20N4O3S/c1-8(2)10(11-12-5-6-15(11)3)14-9(16)7-13-19(4,17)18/h5-6,8,10,13H,7H2,1-4H3,(H,14,16). The van der Waals surface area contributed by atoms with Crippen LogP contribution in [0.1, 0.15) is 25.7 Å². The summed E-state index contributed by atoms with van der Waals surface area (Å²) in [6, 6.07) is -0.256. The molecule has 1 atom stereocenters. The summed E-state index contributed by atoms with van der Waals surface area (Å²) in [5.41, 5.74) is 0. The van der Waals surface area contributed by atoms with Gasteiger partial charge in [0.2, 0.25) is 15.9 Å². The normalized spacial score (nSPS) is 13.5. The summed E-state index contributed by atoms with van der Waals surface area (Å²) < 4.78 is 25.8. The molecule has 2 N–H and O–H groups in total. The summed E-state index contributed by atoms with van der Waals surface area (Å²) >= 11 is 0. The first-order valence-corrected chi connectivity index (χ1v) is 7.81. The van der Waals surface area contributed by atoms with E-state index >= 15 is 0 Å². The van der Waals surface area contributed by atoms with E-state index in [4.69, 9.17) is 0 Å². The molecule has 1 unspecified atom stereocenters. The van der Waals surface area contributed by atoms with Crippen LogP contribution in [0.2, 0.25) is 0 Å². The van der Waals surface area contributed by atoms with Gasteiger partial charge in [0.15, 0.2) is 0 Å². The Balaban J connectivity index is 2.70. The zero-order valence-electron chi connectivity index (χ0n) is 11.5. The van der Waals surface area contributed by atoms with Gasteiger partial charge in [-0.1, -0.05) is 13.8 Å². The minimum Gasteiger partial charge on any atom is -0.345 e. The van der Waals surface area contributed by atoms with E-state index < -0.39 is 10.0 Å². The Morgan fingerprint density at radius 1 is 1.47 bits per heavy atom. The second-order valence-corrected chi connectivity index (χ2v) is 6.61. The van der Waals surface area contributed by atoms with Gasteiger partial charge in [-0.15, -0.1) is 0 Å². The van der Waals surface area contributed by atoms with Crippen LogP contribution in [0.15, 0.2) is 12.4 Å². The quantitative estimate of drug-likeness (QED) is 0.757. The molecule has 1 rings (SSSR count). The molecular formula is C11H20N4O3S. The van der Waals surface area contributed by atoms with Crippen LogP contribution in [0.3, 0.4) is 0 Å². The number of imidazole rings is 1. The molecule has 0 aliphatic carbocycles. The molecule has 1 amide bonds. The third-order valence-electron chi connectivity index (χ3n) is 2.61. The van der Waals surface area contributed by atoms with Crippen LogP contribution in [-0.4, -0.2) is 36.7 Å². The molecule has 1 aromatic rings. The number of hydrogen-bond donors (Lipinski definition) is 2.